The molecule has 6 heteroatoms. The Morgan fingerprint density at radius 1 is 1.03 bits per heavy atom. The quantitative estimate of drug-likeness (QED) is 0.288. The van der Waals surface area contributed by atoms with Crippen LogP contribution in [-0.4, -0.2) is 30.2 Å². The van der Waals surface area contributed by atoms with Crippen molar-refractivity contribution in [2.75, 3.05) is 12.4 Å². The van der Waals surface area contributed by atoms with Crippen LogP contribution in [0.1, 0.15) is 68.3 Å². The zero-order valence-electron chi connectivity index (χ0n) is 19.1. The van der Waals surface area contributed by atoms with Crippen LogP contribution in [0.4, 0.5) is 5.69 Å². The second kappa shape index (κ2) is 13.2. The second-order valence-electron chi connectivity index (χ2n) is 7.61. The van der Waals surface area contributed by atoms with E-state index in [1.807, 2.05) is 18.2 Å². The molecule has 0 bridgehead atoms. The molecule has 0 spiro atoms. The number of carbonyl (C=O) groups excluding carboxylic acids is 1. The third-order valence-corrected chi connectivity index (χ3v) is 5.06. The van der Waals surface area contributed by atoms with E-state index < -0.39 is 11.9 Å². The van der Waals surface area contributed by atoms with E-state index in [0.29, 0.717) is 11.5 Å². The first-order valence-electron chi connectivity index (χ1n) is 11.1. The van der Waals surface area contributed by atoms with E-state index in [9.17, 15) is 14.7 Å². The third-order valence-electron chi connectivity index (χ3n) is 5.06. The molecule has 0 aliphatic carbocycles. The van der Waals surface area contributed by atoms with Crippen LogP contribution in [0.2, 0.25) is 0 Å². The van der Waals surface area contributed by atoms with Crippen molar-refractivity contribution >= 4 is 23.6 Å². The number of carboxylic acids is 1. The maximum absolute atomic E-state index is 12.3. The first-order chi connectivity index (χ1) is 15.5. The number of ether oxygens (including phenoxy) is 2. The molecule has 2 rings (SSSR count). The van der Waals surface area contributed by atoms with Gasteiger partial charge >= 0.3 is 5.97 Å². The van der Waals surface area contributed by atoms with E-state index >= 15 is 0 Å². The molecular formula is C26H33NO5. The molecule has 0 radical (unpaired) electrons. The largest absolute Gasteiger partial charge is 0.493 e. The summed E-state index contributed by atoms with van der Waals surface area (Å²) in [5, 5.41) is 11.8. The second-order valence-corrected chi connectivity index (χ2v) is 7.61. The Kier molecular flexibility index (Phi) is 10.3. The summed E-state index contributed by atoms with van der Waals surface area (Å²) in [7, 11) is 1.59. The van der Waals surface area contributed by atoms with Crippen molar-refractivity contribution < 1.29 is 24.2 Å². The van der Waals surface area contributed by atoms with Crippen LogP contribution >= 0.6 is 0 Å². The lowest BCUT2D eigenvalue weighted by molar-refractivity contribution is -0.111. The predicted octanol–water partition coefficient (Wildman–Crippen LogP) is 6.17. The summed E-state index contributed by atoms with van der Waals surface area (Å²) in [5.41, 5.74) is 1.06. The number of hydrogen-bond donors (Lipinski definition) is 2. The monoisotopic (exact) mass is 439 g/mol. The summed E-state index contributed by atoms with van der Waals surface area (Å²) in [6, 6.07) is 11.8. The molecule has 1 unspecified atom stereocenters. The van der Waals surface area contributed by atoms with Crippen LogP contribution in [-0.2, 0) is 4.79 Å². The van der Waals surface area contributed by atoms with Crippen molar-refractivity contribution in [3.05, 3.63) is 59.7 Å². The number of methoxy groups -OCH3 is 1. The molecule has 0 heterocycles. The highest BCUT2D eigenvalue weighted by Crippen LogP contribution is 2.31. The Bertz CT molecular complexity index is 922. The molecule has 1 atom stereocenters. The van der Waals surface area contributed by atoms with Crippen LogP contribution < -0.4 is 14.8 Å². The summed E-state index contributed by atoms with van der Waals surface area (Å²) >= 11 is 0. The summed E-state index contributed by atoms with van der Waals surface area (Å²) in [5.74, 6) is -0.210. The number of rotatable bonds is 13. The Morgan fingerprint density at radius 2 is 1.81 bits per heavy atom. The molecule has 2 N–H and O–H groups in total. The van der Waals surface area contributed by atoms with E-state index in [1.165, 1.54) is 25.0 Å². The molecule has 0 saturated carbocycles. The fraction of sp³-hybridized carbons (Fsp3) is 0.385. The first kappa shape index (κ1) is 25.0. The molecular weight excluding hydrogens is 406 g/mol. The van der Waals surface area contributed by atoms with Crippen LogP contribution in [0.5, 0.6) is 11.5 Å². The van der Waals surface area contributed by atoms with Gasteiger partial charge in [-0.2, -0.15) is 0 Å². The summed E-state index contributed by atoms with van der Waals surface area (Å²) < 4.78 is 11.7. The summed E-state index contributed by atoms with van der Waals surface area (Å²) in [6.45, 7) is 4.34. The van der Waals surface area contributed by atoms with Gasteiger partial charge in [0.25, 0.3) is 0 Å². The molecule has 2 aromatic rings. The van der Waals surface area contributed by atoms with Gasteiger partial charge in [-0.15, -0.1) is 0 Å². The Balaban J connectivity index is 2.07. The van der Waals surface area contributed by atoms with Gasteiger partial charge in [-0.3, -0.25) is 4.79 Å². The number of amides is 1. The minimum Gasteiger partial charge on any atom is -0.493 e. The van der Waals surface area contributed by atoms with Crippen LogP contribution in [0.3, 0.4) is 0 Å². The van der Waals surface area contributed by atoms with Gasteiger partial charge in [0.05, 0.1) is 24.5 Å². The van der Waals surface area contributed by atoms with Gasteiger partial charge in [-0.1, -0.05) is 51.3 Å². The van der Waals surface area contributed by atoms with E-state index in [-0.39, 0.29) is 17.4 Å². The van der Waals surface area contributed by atoms with Gasteiger partial charge in [-0.25, -0.2) is 4.79 Å². The number of carboxylic acid groups (broad SMARTS) is 1. The molecule has 0 aromatic heterocycles. The van der Waals surface area contributed by atoms with Crippen molar-refractivity contribution in [2.24, 2.45) is 0 Å². The average molecular weight is 440 g/mol. The fourth-order valence-electron chi connectivity index (χ4n) is 3.40. The summed E-state index contributed by atoms with van der Waals surface area (Å²) in [4.78, 5) is 23.6. The molecule has 0 saturated heterocycles. The zero-order valence-corrected chi connectivity index (χ0v) is 19.1. The van der Waals surface area contributed by atoms with Crippen LogP contribution in [0.25, 0.3) is 6.08 Å². The topological polar surface area (TPSA) is 84.9 Å². The van der Waals surface area contributed by atoms with Gasteiger partial charge in [0, 0.05) is 6.08 Å². The number of unbranched alkanes of at least 4 members (excludes halogenated alkanes) is 2. The molecule has 0 aliphatic rings. The minimum atomic E-state index is -1.10. The number of benzene rings is 2. The number of aromatic carboxylic acids is 1. The zero-order chi connectivity index (χ0) is 23.3. The van der Waals surface area contributed by atoms with E-state index in [0.717, 1.165) is 31.2 Å². The van der Waals surface area contributed by atoms with Crippen molar-refractivity contribution in [3.8, 4) is 11.5 Å². The predicted molar refractivity (Wildman–Crippen MR) is 128 cm³/mol. The first-order valence-corrected chi connectivity index (χ1v) is 11.1. The summed E-state index contributed by atoms with van der Waals surface area (Å²) in [6.07, 6.45) is 9.75. The average Bonchev–Trinajstić information content (AvgIpc) is 2.78. The normalized spacial score (nSPS) is 11.8. The van der Waals surface area contributed by atoms with E-state index in [2.05, 4.69) is 19.2 Å². The number of para-hydroxylation sites is 1. The highest BCUT2D eigenvalue weighted by Gasteiger charge is 2.14. The van der Waals surface area contributed by atoms with Gasteiger partial charge < -0.3 is 19.9 Å². The number of nitrogens with one attached hydrogen (secondary N) is 1. The highest BCUT2D eigenvalue weighted by atomic mass is 16.5. The molecule has 2 aromatic carbocycles. The Morgan fingerprint density at radius 3 is 2.50 bits per heavy atom. The Hall–Kier alpha value is -3.28. The molecule has 1 amide bonds. The lowest BCUT2D eigenvalue weighted by Gasteiger charge is -2.20. The maximum atomic E-state index is 12.3. The molecule has 0 aliphatic heterocycles. The van der Waals surface area contributed by atoms with Crippen LogP contribution in [0, 0.1) is 0 Å². The van der Waals surface area contributed by atoms with E-state index in [4.69, 9.17) is 9.47 Å². The Labute approximate surface area is 190 Å². The van der Waals surface area contributed by atoms with E-state index in [1.54, 1.807) is 31.4 Å². The van der Waals surface area contributed by atoms with Crippen molar-refractivity contribution in [3.63, 3.8) is 0 Å². The van der Waals surface area contributed by atoms with Crippen molar-refractivity contribution in [2.45, 2.75) is 58.5 Å². The lowest BCUT2D eigenvalue weighted by atomic mass is 10.1. The third kappa shape index (κ3) is 7.76. The lowest BCUT2D eigenvalue weighted by Crippen LogP contribution is -2.16. The maximum Gasteiger partial charge on any atom is 0.337 e. The molecule has 32 heavy (non-hydrogen) atoms. The van der Waals surface area contributed by atoms with Gasteiger partial charge in [0.15, 0.2) is 11.5 Å². The van der Waals surface area contributed by atoms with Gasteiger partial charge in [-0.05, 0) is 55.2 Å². The number of hydrogen-bond acceptors (Lipinski definition) is 4. The van der Waals surface area contributed by atoms with Crippen molar-refractivity contribution in [1.29, 1.82) is 0 Å². The van der Waals surface area contributed by atoms with Crippen LogP contribution in [0.15, 0.2) is 48.5 Å². The SMILES string of the molecule is CCCCCC(CCC)Oc1ccc(/C=C/C(=O)Nc2ccccc2C(=O)O)cc1OC. The number of anilines is 1. The standard InChI is InChI=1S/C26H33NO5/c1-4-6-7-11-20(10-5-2)32-23-16-14-19(18-24(23)31-3)15-17-25(28)27-22-13-9-8-12-21(22)26(29)30/h8-9,12-18,20H,4-7,10-11H2,1-3H3,(H,27,28)(H,29,30)/b17-15+. The van der Waals surface area contributed by atoms with Crippen molar-refractivity contribution in [1.82, 2.24) is 0 Å². The van der Waals surface area contributed by atoms with Gasteiger partial charge in [0.2, 0.25) is 5.91 Å². The molecule has 172 valence electrons. The fourth-order valence-corrected chi connectivity index (χ4v) is 3.40. The highest BCUT2D eigenvalue weighted by molar-refractivity contribution is 6.06. The molecule has 6 nitrogen and oxygen atoms in total. The number of carbonyl (C=O) groups is 2. The minimum absolute atomic E-state index is 0.0398. The van der Waals surface area contributed by atoms with Gasteiger partial charge in [0.1, 0.15) is 0 Å². The smallest absolute Gasteiger partial charge is 0.337 e. The molecule has 0 fully saturated rings.